The lowest BCUT2D eigenvalue weighted by Crippen LogP contribution is -2.15. The average Bonchev–Trinajstić information content (AvgIpc) is 2.97. The van der Waals surface area contributed by atoms with Gasteiger partial charge >= 0.3 is 0 Å². The molecule has 4 nitrogen and oxygen atoms in total. The molecule has 1 aromatic heterocycles. The van der Waals surface area contributed by atoms with Crippen molar-refractivity contribution in [2.45, 2.75) is 6.42 Å². The van der Waals surface area contributed by atoms with E-state index in [2.05, 4.69) is 16.5 Å². The van der Waals surface area contributed by atoms with Crippen LogP contribution in [0.2, 0.25) is 0 Å². The van der Waals surface area contributed by atoms with Crippen LogP contribution in [-0.4, -0.2) is 29.5 Å². The van der Waals surface area contributed by atoms with Crippen LogP contribution in [0.5, 0.6) is 5.75 Å². The van der Waals surface area contributed by atoms with Gasteiger partial charge in [-0.15, -0.1) is 0 Å². The molecular formula is C13H17N3O. The van der Waals surface area contributed by atoms with Crippen molar-refractivity contribution in [1.82, 2.24) is 15.1 Å². The number of aromatic nitrogens is 2. The predicted octanol–water partition coefficient (Wildman–Crippen LogP) is 1.56. The predicted molar refractivity (Wildman–Crippen MR) is 67.2 cm³/mol. The molecule has 2 heterocycles. The van der Waals surface area contributed by atoms with Gasteiger partial charge in [0.05, 0.1) is 23.7 Å². The molecule has 0 radical (unpaired) electrons. The van der Waals surface area contributed by atoms with Gasteiger partial charge in [0.1, 0.15) is 5.75 Å². The molecule has 1 saturated heterocycles. The van der Waals surface area contributed by atoms with Crippen LogP contribution < -0.4 is 10.1 Å². The van der Waals surface area contributed by atoms with Crippen molar-refractivity contribution >= 4 is 10.9 Å². The first kappa shape index (κ1) is 10.6. The first-order valence-corrected chi connectivity index (χ1v) is 6.09. The number of hydrogen-bond donors (Lipinski definition) is 1. The van der Waals surface area contributed by atoms with Crippen molar-refractivity contribution in [2.75, 3.05) is 19.7 Å². The number of rotatable bonds is 3. The summed E-state index contributed by atoms with van der Waals surface area (Å²) >= 11 is 0. The summed E-state index contributed by atoms with van der Waals surface area (Å²) in [6, 6.07) is 6.10. The quantitative estimate of drug-likeness (QED) is 0.871. The minimum absolute atomic E-state index is 0.641. The SMILES string of the molecule is Cn1ncc2c(OCC3CCNC3)cccc21. The van der Waals surface area contributed by atoms with E-state index in [0.717, 1.165) is 36.3 Å². The molecule has 0 bridgehead atoms. The molecule has 4 heteroatoms. The van der Waals surface area contributed by atoms with Crippen molar-refractivity contribution in [1.29, 1.82) is 0 Å². The van der Waals surface area contributed by atoms with Gasteiger partial charge in [0, 0.05) is 19.5 Å². The highest BCUT2D eigenvalue weighted by Crippen LogP contribution is 2.25. The zero-order valence-corrected chi connectivity index (χ0v) is 10.0. The summed E-state index contributed by atoms with van der Waals surface area (Å²) in [7, 11) is 1.95. The van der Waals surface area contributed by atoms with E-state index in [0.29, 0.717) is 5.92 Å². The molecule has 1 atom stereocenters. The second kappa shape index (κ2) is 4.37. The molecule has 0 saturated carbocycles. The van der Waals surface area contributed by atoms with Gasteiger partial charge in [-0.2, -0.15) is 5.10 Å². The molecular weight excluding hydrogens is 214 g/mol. The molecule has 1 aromatic carbocycles. The smallest absolute Gasteiger partial charge is 0.130 e. The van der Waals surface area contributed by atoms with Crippen molar-refractivity contribution in [3.05, 3.63) is 24.4 Å². The summed E-state index contributed by atoms with van der Waals surface area (Å²) in [6.45, 7) is 2.98. The zero-order valence-electron chi connectivity index (χ0n) is 10.0. The summed E-state index contributed by atoms with van der Waals surface area (Å²) in [4.78, 5) is 0. The minimum atomic E-state index is 0.641. The van der Waals surface area contributed by atoms with Gasteiger partial charge in [0.25, 0.3) is 0 Å². The van der Waals surface area contributed by atoms with Gasteiger partial charge < -0.3 is 10.1 Å². The molecule has 3 rings (SSSR count). The number of hydrogen-bond acceptors (Lipinski definition) is 3. The number of nitrogens with zero attached hydrogens (tertiary/aromatic N) is 2. The van der Waals surface area contributed by atoms with E-state index in [4.69, 9.17) is 4.74 Å². The van der Waals surface area contributed by atoms with Crippen LogP contribution in [0.1, 0.15) is 6.42 Å². The Bertz CT molecular complexity index is 514. The Balaban J connectivity index is 1.79. The van der Waals surface area contributed by atoms with Gasteiger partial charge in [-0.1, -0.05) is 6.07 Å². The highest BCUT2D eigenvalue weighted by molar-refractivity contribution is 5.85. The lowest BCUT2D eigenvalue weighted by atomic mass is 10.1. The van der Waals surface area contributed by atoms with Crippen LogP contribution >= 0.6 is 0 Å². The largest absolute Gasteiger partial charge is 0.492 e. The third-order valence-electron chi connectivity index (χ3n) is 3.39. The molecule has 0 spiro atoms. The molecule has 90 valence electrons. The molecule has 0 amide bonds. The first-order chi connectivity index (χ1) is 8.34. The molecule has 1 aliphatic heterocycles. The molecule has 1 N–H and O–H groups in total. The Labute approximate surface area is 101 Å². The van der Waals surface area contributed by atoms with E-state index in [1.165, 1.54) is 6.42 Å². The fourth-order valence-corrected chi connectivity index (χ4v) is 2.34. The molecule has 1 aliphatic rings. The monoisotopic (exact) mass is 231 g/mol. The Kier molecular flexibility index (Phi) is 2.73. The normalized spacial score (nSPS) is 19.9. The highest BCUT2D eigenvalue weighted by atomic mass is 16.5. The van der Waals surface area contributed by atoms with Crippen LogP contribution in [0.25, 0.3) is 10.9 Å². The Morgan fingerprint density at radius 1 is 1.53 bits per heavy atom. The number of aryl methyl sites for hydroxylation is 1. The molecule has 1 fully saturated rings. The molecule has 17 heavy (non-hydrogen) atoms. The lowest BCUT2D eigenvalue weighted by molar-refractivity contribution is 0.263. The Hall–Kier alpha value is -1.55. The summed E-state index contributed by atoms with van der Waals surface area (Å²) < 4.78 is 7.80. The number of fused-ring (bicyclic) bond motifs is 1. The van der Waals surface area contributed by atoms with Gasteiger partial charge in [-0.05, 0) is 25.1 Å². The highest BCUT2D eigenvalue weighted by Gasteiger charge is 2.15. The van der Waals surface area contributed by atoms with E-state index >= 15 is 0 Å². The fourth-order valence-electron chi connectivity index (χ4n) is 2.34. The Morgan fingerprint density at radius 2 is 2.47 bits per heavy atom. The van der Waals surface area contributed by atoms with Gasteiger partial charge in [0.2, 0.25) is 0 Å². The third-order valence-corrected chi connectivity index (χ3v) is 3.39. The van der Waals surface area contributed by atoms with Crippen LogP contribution in [-0.2, 0) is 7.05 Å². The van der Waals surface area contributed by atoms with E-state index in [1.807, 2.05) is 30.1 Å². The maximum absolute atomic E-state index is 5.92. The lowest BCUT2D eigenvalue weighted by Gasteiger charge is -2.11. The second-order valence-corrected chi connectivity index (χ2v) is 4.63. The van der Waals surface area contributed by atoms with Gasteiger partial charge in [-0.3, -0.25) is 4.68 Å². The van der Waals surface area contributed by atoms with Crippen molar-refractivity contribution in [3.63, 3.8) is 0 Å². The summed E-state index contributed by atoms with van der Waals surface area (Å²) in [6.07, 6.45) is 3.08. The molecule has 0 aliphatic carbocycles. The minimum Gasteiger partial charge on any atom is -0.492 e. The zero-order chi connectivity index (χ0) is 11.7. The van der Waals surface area contributed by atoms with Gasteiger partial charge in [-0.25, -0.2) is 0 Å². The van der Waals surface area contributed by atoms with E-state index in [1.54, 1.807) is 0 Å². The Morgan fingerprint density at radius 3 is 3.29 bits per heavy atom. The van der Waals surface area contributed by atoms with E-state index in [-0.39, 0.29) is 0 Å². The van der Waals surface area contributed by atoms with Crippen molar-refractivity contribution in [2.24, 2.45) is 13.0 Å². The second-order valence-electron chi connectivity index (χ2n) is 4.63. The number of ether oxygens (including phenoxy) is 1. The van der Waals surface area contributed by atoms with Crippen molar-refractivity contribution in [3.8, 4) is 5.75 Å². The summed E-state index contributed by atoms with van der Waals surface area (Å²) in [5, 5.41) is 8.71. The molecule has 1 unspecified atom stereocenters. The fraction of sp³-hybridized carbons (Fsp3) is 0.462. The van der Waals surface area contributed by atoms with E-state index < -0.39 is 0 Å². The van der Waals surface area contributed by atoms with Gasteiger partial charge in [0.15, 0.2) is 0 Å². The van der Waals surface area contributed by atoms with Crippen LogP contribution in [0.15, 0.2) is 24.4 Å². The van der Waals surface area contributed by atoms with Crippen LogP contribution in [0, 0.1) is 5.92 Å². The first-order valence-electron chi connectivity index (χ1n) is 6.09. The maximum Gasteiger partial charge on any atom is 0.130 e. The molecule has 2 aromatic rings. The maximum atomic E-state index is 5.92. The summed E-state index contributed by atoms with van der Waals surface area (Å²) in [5.41, 5.74) is 1.12. The number of benzene rings is 1. The van der Waals surface area contributed by atoms with E-state index in [9.17, 15) is 0 Å². The average molecular weight is 231 g/mol. The number of nitrogens with one attached hydrogen (secondary N) is 1. The summed E-state index contributed by atoms with van der Waals surface area (Å²) in [5.74, 6) is 1.59. The van der Waals surface area contributed by atoms with Crippen LogP contribution in [0.3, 0.4) is 0 Å². The van der Waals surface area contributed by atoms with Crippen molar-refractivity contribution < 1.29 is 4.74 Å². The topological polar surface area (TPSA) is 39.1 Å². The third kappa shape index (κ3) is 2.00. The van der Waals surface area contributed by atoms with Crippen LogP contribution in [0.4, 0.5) is 0 Å². The standard InChI is InChI=1S/C13H17N3O/c1-16-12-3-2-4-13(11(12)8-15-16)17-9-10-5-6-14-7-10/h2-4,8,10,14H,5-7,9H2,1H3.